The number of benzene rings is 2. The number of aromatic nitrogens is 1. The van der Waals surface area contributed by atoms with E-state index in [-0.39, 0.29) is 17.8 Å². The standard InChI is InChI=1S/C22H22FN3O2/c1-15(2)28-20-10-8-19(9-11-20)26-21-12-5-17(14-24-21)22(27)25-13-16-3-6-18(23)7-4-16/h3-12,14-15H,13H2,1-2H3,(H,24,26)(H,25,27). The molecule has 0 saturated heterocycles. The molecule has 28 heavy (non-hydrogen) atoms. The van der Waals surface area contributed by atoms with Crippen molar-refractivity contribution in [1.29, 1.82) is 0 Å². The lowest BCUT2D eigenvalue weighted by Gasteiger charge is -2.11. The summed E-state index contributed by atoms with van der Waals surface area (Å²) in [5.41, 5.74) is 2.15. The number of carbonyl (C=O) groups is 1. The van der Waals surface area contributed by atoms with Gasteiger partial charge in [-0.25, -0.2) is 9.37 Å². The van der Waals surface area contributed by atoms with E-state index in [9.17, 15) is 9.18 Å². The zero-order valence-corrected chi connectivity index (χ0v) is 15.8. The number of nitrogens with one attached hydrogen (secondary N) is 2. The summed E-state index contributed by atoms with van der Waals surface area (Å²) in [6, 6.07) is 17.0. The largest absolute Gasteiger partial charge is 0.491 e. The highest BCUT2D eigenvalue weighted by Crippen LogP contribution is 2.20. The van der Waals surface area contributed by atoms with E-state index in [1.54, 1.807) is 24.3 Å². The Morgan fingerprint density at radius 3 is 2.36 bits per heavy atom. The maximum absolute atomic E-state index is 12.9. The van der Waals surface area contributed by atoms with E-state index in [4.69, 9.17) is 4.74 Å². The van der Waals surface area contributed by atoms with Crippen LogP contribution in [0.1, 0.15) is 29.8 Å². The van der Waals surface area contributed by atoms with E-state index in [0.29, 0.717) is 17.9 Å². The third kappa shape index (κ3) is 5.54. The molecule has 0 unspecified atom stereocenters. The zero-order valence-electron chi connectivity index (χ0n) is 15.8. The number of rotatable bonds is 7. The van der Waals surface area contributed by atoms with E-state index in [1.165, 1.54) is 18.3 Å². The van der Waals surface area contributed by atoms with Gasteiger partial charge in [-0.1, -0.05) is 12.1 Å². The van der Waals surface area contributed by atoms with Gasteiger partial charge in [0.05, 0.1) is 11.7 Å². The van der Waals surface area contributed by atoms with Crippen molar-refractivity contribution in [1.82, 2.24) is 10.3 Å². The molecule has 6 heteroatoms. The Bertz CT molecular complexity index is 908. The lowest BCUT2D eigenvalue weighted by Crippen LogP contribution is -2.22. The van der Waals surface area contributed by atoms with Crippen molar-refractivity contribution in [2.45, 2.75) is 26.5 Å². The van der Waals surface area contributed by atoms with Gasteiger partial charge >= 0.3 is 0 Å². The summed E-state index contributed by atoms with van der Waals surface area (Å²) in [5, 5.41) is 5.97. The molecule has 144 valence electrons. The third-order valence-corrected chi connectivity index (χ3v) is 3.89. The quantitative estimate of drug-likeness (QED) is 0.626. The number of nitrogens with zero attached hydrogens (tertiary/aromatic N) is 1. The molecule has 0 radical (unpaired) electrons. The fourth-order valence-corrected chi connectivity index (χ4v) is 2.53. The second-order valence-corrected chi connectivity index (χ2v) is 6.56. The second kappa shape index (κ2) is 8.99. The van der Waals surface area contributed by atoms with E-state index >= 15 is 0 Å². The SMILES string of the molecule is CC(C)Oc1ccc(Nc2ccc(C(=O)NCc3ccc(F)cc3)cn2)cc1. The van der Waals surface area contributed by atoms with Gasteiger partial charge in [0, 0.05) is 18.4 Å². The van der Waals surface area contributed by atoms with Crippen molar-refractivity contribution in [2.24, 2.45) is 0 Å². The van der Waals surface area contributed by atoms with Crippen molar-refractivity contribution >= 4 is 17.4 Å². The maximum atomic E-state index is 12.9. The molecule has 0 atom stereocenters. The lowest BCUT2D eigenvalue weighted by molar-refractivity contribution is 0.0950. The Morgan fingerprint density at radius 2 is 1.75 bits per heavy atom. The van der Waals surface area contributed by atoms with Crippen LogP contribution in [0.5, 0.6) is 5.75 Å². The van der Waals surface area contributed by atoms with Crippen molar-refractivity contribution in [3.8, 4) is 5.75 Å². The third-order valence-electron chi connectivity index (χ3n) is 3.89. The first-order chi connectivity index (χ1) is 13.5. The second-order valence-electron chi connectivity index (χ2n) is 6.56. The highest BCUT2D eigenvalue weighted by Gasteiger charge is 2.07. The minimum Gasteiger partial charge on any atom is -0.491 e. The van der Waals surface area contributed by atoms with Gasteiger partial charge in [0.1, 0.15) is 17.4 Å². The first kappa shape index (κ1) is 19.4. The summed E-state index contributed by atoms with van der Waals surface area (Å²) in [6.45, 7) is 4.28. The van der Waals surface area contributed by atoms with E-state index in [2.05, 4.69) is 15.6 Å². The molecular weight excluding hydrogens is 357 g/mol. The van der Waals surface area contributed by atoms with Crippen LogP contribution in [0, 0.1) is 5.82 Å². The van der Waals surface area contributed by atoms with Crippen molar-refractivity contribution in [3.63, 3.8) is 0 Å². The van der Waals surface area contributed by atoms with Gasteiger partial charge in [0.2, 0.25) is 0 Å². The van der Waals surface area contributed by atoms with Crippen LogP contribution < -0.4 is 15.4 Å². The smallest absolute Gasteiger partial charge is 0.253 e. The summed E-state index contributed by atoms with van der Waals surface area (Å²) >= 11 is 0. The van der Waals surface area contributed by atoms with Crippen molar-refractivity contribution < 1.29 is 13.9 Å². The molecule has 3 rings (SSSR count). The van der Waals surface area contributed by atoms with Gasteiger partial charge in [-0.05, 0) is 67.9 Å². The molecule has 0 spiro atoms. The lowest BCUT2D eigenvalue weighted by atomic mass is 10.2. The molecule has 1 amide bonds. The van der Waals surface area contributed by atoms with Crippen LogP contribution in [-0.2, 0) is 6.54 Å². The first-order valence-corrected chi connectivity index (χ1v) is 9.02. The number of ether oxygens (including phenoxy) is 1. The summed E-state index contributed by atoms with van der Waals surface area (Å²) < 4.78 is 18.5. The van der Waals surface area contributed by atoms with E-state index in [1.807, 2.05) is 38.1 Å². The number of hydrogen-bond acceptors (Lipinski definition) is 4. The molecule has 0 bridgehead atoms. The van der Waals surface area contributed by atoms with Crippen LogP contribution >= 0.6 is 0 Å². The average molecular weight is 379 g/mol. The Kier molecular flexibility index (Phi) is 6.22. The molecule has 2 N–H and O–H groups in total. The minimum absolute atomic E-state index is 0.127. The number of anilines is 2. The monoisotopic (exact) mass is 379 g/mol. The van der Waals surface area contributed by atoms with Gasteiger partial charge in [-0.2, -0.15) is 0 Å². The Morgan fingerprint density at radius 1 is 1.04 bits per heavy atom. The number of hydrogen-bond donors (Lipinski definition) is 2. The predicted octanol–water partition coefficient (Wildman–Crippen LogP) is 4.68. The number of pyridine rings is 1. The minimum atomic E-state index is -0.301. The van der Waals surface area contributed by atoms with E-state index < -0.39 is 0 Å². The molecule has 1 aromatic heterocycles. The van der Waals surface area contributed by atoms with Crippen LogP contribution in [0.25, 0.3) is 0 Å². The fourth-order valence-electron chi connectivity index (χ4n) is 2.53. The Hall–Kier alpha value is -3.41. The van der Waals surface area contributed by atoms with Gasteiger partial charge in [0.25, 0.3) is 5.91 Å². The number of amides is 1. The molecule has 2 aromatic carbocycles. The number of halogens is 1. The molecule has 0 aliphatic carbocycles. The zero-order chi connectivity index (χ0) is 19.9. The highest BCUT2D eigenvalue weighted by atomic mass is 19.1. The fraction of sp³-hybridized carbons (Fsp3) is 0.182. The molecule has 0 saturated carbocycles. The summed E-state index contributed by atoms with van der Waals surface area (Å²) in [6.07, 6.45) is 1.64. The van der Waals surface area contributed by atoms with Crippen molar-refractivity contribution in [3.05, 3.63) is 83.8 Å². The molecule has 5 nitrogen and oxygen atoms in total. The molecule has 0 aliphatic rings. The molecule has 0 fully saturated rings. The topological polar surface area (TPSA) is 63.2 Å². The Labute approximate surface area is 163 Å². The molecule has 1 heterocycles. The maximum Gasteiger partial charge on any atom is 0.253 e. The van der Waals surface area contributed by atoms with Crippen LogP contribution in [0.3, 0.4) is 0 Å². The molecule has 3 aromatic rings. The van der Waals surface area contributed by atoms with Gasteiger partial charge in [-0.3, -0.25) is 4.79 Å². The van der Waals surface area contributed by atoms with Crippen LogP contribution in [0.2, 0.25) is 0 Å². The summed E-state index contributed by atoms with van der Waals surface area (Å²) in [4.78, 5) is 16.5. The summed E-state index contributed by atoms with van der Waals surface area (Å²) in [7, 11) is 0. The van der Waals surface area contributed by atoms with Crippen LogP contribution in [-0.4, -0.2) is 17.0 Å². The van der Waals surface area contributed by atoms with Crippen LogP contribution in [0.4, 0.5) is 15.9 Å². The Balaban J connectivity index is 1.55. The molecule has 0 aliphatic heterocycles. The molecular formula is C22H22FN3O2. The first-order valence-electron chi connectivity index (χ1n) is 9.02. The number of carbonyl (C=O) groups excluding carboxylic acids is 1. The van der Waals surface area contributed by atoms with Gasteiger partial charge in [0.15, 0.2) is 0 Å². The van der Waals surface area contributed by atoms with Gasteiger partial charge in [-0.15, -0.1) is 0 Å². The normalized spacial score (nSPS) is 10.6. The summed E-state index contributed by atoms with van der Waals surface area (Å²) in [5.74, 6) is 0.900. The van der Waals surface area contributed by atoms with E-state index in [0.717, 1.165) is 17.0 Å². The average Bonchev–Trinajstić information content (AvgIpc) is 2.69. The van der Waals surface area contributed by atoms with Crippen molar-refractivity contribution in [2.75, 3.05) is 5.32 Å². The van der Waals surface area contributed by atoms with Crippen LogP contribution in [0.15, 0.2) is 66.9 Å². The highest BCUT2D eigenvalue weighted by molar-refractivity contribution is 5.94. The van der Waals surface area contributed by atoms with Gasteiger partial charge < -0.3 is 15.4 Å². The predicted molar refractivity (Wildman–Crippen MR) is 107 cm³/mol.